The van der Waals surface area contributed by atoms with Gasteiger partial charge in [0.15, 0.2) is 0 Å². The molecule has 0 aliphatic carbocycles. The zero-order valence-electron chi connectivity index (χ0n) is 8.26. The van der Waals surface area contributed by atoms with Crippen LogP contribution in [0.5, 0.6) is 0 Å². The van der Waals surface area contributed by atoms with Crippen molar-refractivity contribution in [1.29, 1.82) is 0 Å². The van der Waals surface area contributed by atoms with Gasteiger partial charge in [-0.25, -0.2) is 0 Å². The van der Waals surface area contributed by atoms with Crippen molar-refractivity contribution in [3.05, 3.63) is 12.7 Å². The van der Waals surface area contributed by atoms with Crippen molar-refractivity contribution in [3.63, 3.8) is 0 Å². The monoisotopic (exact) mass is 172 g/mol. The zero-order valence-corrected chi connectivity index (χ0v) is 8.26. The number of amides is 1. The SMILES string of the molecule is C=CC(N)=O.CCCC(C)(C)N. The lowest BCUT2D eigenvalue weighted by atomic mass is 10.0. The Bertz CT molecular complexity index is 136. The summed E-state index contributed by atoms with van der Waals surface area (Å²) in [5.41, 5.74) is 10.2. The Hall–Kier alpha value is -0.830. The molecule has 0 fully saturated rings. The molecule has 0 heterocycles. The molecule has 0 aliphatic heterocycles. The molecule has 0 saturated carbocycles. The van der Waals surface area contributed by atoms with E-state index in [1.807, 2.05) is 0 Å². The van der Waals surface area contributed by atoms with E-state index < -0.39 is 5.91 Å². The first-order chi connectivity index (χ1) is 5.33. The third-order valence-electron chi connectivity index (χ3n) is 1.10. The summed E-state index contributed by atoms with van der Waals surface area (Å²) in [6, 6.07) is 0. The van der Waals surface area contributed by atoms with Crippen LogP contribution in [0.1, 0.15) is 33.6 Å². The molecule has 0 aromatic heterocycles. The molecule has 0 bridgehead atoms. The van der Waals surface area contributed by atoms with Crippen LogP contribution < -0.4 is 11.5 Å². The number of rotatable bonds is 3. The summed E-state index contributed by atoms with van der Waals surface area (Å²) < 4.78 is 0. The summed E-state index contributed by atoms with van der Waals surface area (Å²) in [6.07, 6.45) is 3.36. The smallest absolute Gasteiger partial charge is 0.240 e. The molecule has 0 saturated heterocycles. The van der Waals surface area contributed by atoms with Gasteiger partial charge in [0, 0.05) is 5.54 Å². The molecule has 0 rings (SSSR count). The van der Waals surface area contributed by atoms with Crippen molar-refractivity contribution in [3.8, 4) is 0 Å². The summed E-state index contributed by atoms with van der Waals surface area (Å²) in [5.74, 6) is -0.481. The first-order valence-electron chi connectivity index (χ1n) is 4.04. The number of carbonyl (C=O) groups excluding carboxylic acids is 1. The quantitative estimate of drug-likeness (QED) is 0.628. The van der Waals surface area contributed by atoms with E-state index in [4.69, 9.17) is 5.73 Å². The van der Waals surface area contributed by atoms with Gasteiger partial charge < -0.3 is 11.5 Å². The van der Waals surface area contributed by atoms with Crippen LogP contribution in [0.25, 0.3) is 0 Å². The molecule has 0 aliphatic rings. The predicted molar refractivity (Wildman–Crippen MR) is 52.6 cm³/mol. The molecule has 0 atom stereocenters. The van der Waals surface area contributed by atoms with Gasteiger partial charge in [0.25, 0.3) is 0 Å². The zero-order chi connectivity index (χ0) is 10.2. The minimum atomic E-state index is -0.481. The van der Waals surface area contributed by atoms with E-state index in [2.05, 4.69) is 33.1 Å². The highest BCUT2D eigenvalue weighted by atomic mass is 16.1. The van der Waals surface area contributed by atoms with E-state index in [-0.39, 0.29) is 5.54 Å². The van der Waals surface area contributed by atoms with Crippen LogP contribution in [-0.4, -0.2) is 11.4 Å². The lowest BCUT2D eigenvalue weighted by molar-refractivity contribution is -0.113. The first-order valence-corrected chi connectivity index (χ1v) is 4.04. The van der Waals surface area contributed by atoms with Gasteiger partial charge in [0.05, 0.1) is 0 Å². The van der Waals surface area contributed by atoms with E-state index >= 15 is 0 Å². The van der Waals surface area contributed by atoms with E-state index in [0.29, 0.717) is 0 Å². The maximum Gasteiger partial charge on any atom is 0.240 e. The maximum absolute atomic E-state index is 9.47. The maximum atomic E-state index is 9.47. The van der Waals surface area contributed by atoms with Gasteiger partial charge in [0.2, 0.25) is 5.91 Å². The molecule has 0 unspecified atom stereocenters. The van der Waals surface area contributed by atoms with Crippen LogP contribution in [0, 0.1) is 0 Å². The van der Waals surface area contributed by atoms with Gasteiger partial charge >= 0.3 is 0 Å². The molecule has 0 aromatic rings. The summed E-state index contributed by atoms with van der Waals surface area (Å²) in [4.78, 5) is 9.47. The van der Waals surface area contributed by atoms with Gasteiger partial charge in [-0.1, -0.05) is 19.9 Å². The van der Waals surface area contributed by atoms with E-state index in [1.54, 1.807) is 0 Å². The fraction of sp³-hybridized carbons (Fsp3) is 0.667. The molecule has 4 N–H and O–H groups in total. The highest BCUT2D eigenvalue weighted by Crippen LogP contribution is 2.04. The summed E-state index contributed by atoms with van der Waals surface area (Å²) in [6.45, 7) is 9.34. The van der Waals surface area contributed by atoms with Crippen molar-refractivity contribution >= 4 is 5.91 Å². The minimum Gasteiger partial charge on any atom is -0.366 e. The second-order valence-corrected chi connectivity index (χ2v) is 3.35. The minimum absolute atomic E-state index is 0.0503. The molecule has 1 amide bonds. The normalized spacial score (nSPS) is 9.67. The van der Waals surface area contributed by atoms with E-state index in [0.717, 1.165) is 12.5 Å². The Labute approximate surface area is 74.8 Å². The highest BCUT2D eigenvalue weighted by Gasteiger charge is 2.06. The van der Waals surface area contributed by atoms with Crippen LogP contribution in [0.3, 0.4) is 0 Å². The fourth-order valence-electron chi connectivity index (χ4n) is 0.644. The predicted octanol–water partition coefficient (Wildman–Crippen LogP) is 1.18. The molecule has 3 nitrogen and oxygen atoms in total. The number of carbonyl (C=O) groups is 1. The highest BCUT2D eigenvalue weighted by molar-refractivity contribution is 5.84. The van der Waals surface area contributed by atoms with Gasteiger partial charge in [-0.2, -0.15) is 0 Å². The Kier molecular flexibility index (Phi) is 7.85. The molecule has 12 heavy (non-hydrogen) atoms. The fourth-order valence-corrected chi connectivity index (χ4v) is 0.644. The number of hydrogen-bond acceptors (Lipinski definition) is 2. The van der Waals surface area contributed by atoms with Gasteiger partial charge in [-0.3, -0.25) is 4.79 Å². The standard InChI is InChI=1S/C6H15N.C3H5NO/c1-4-5-6(2,3)7;1-2-3(4)5/h4-5,7H2,1-3H3;2H,1H2,(H2,4,5). The van der Waals surface area contributed by atoms with Gasteiger partial charge in [0.1, 0.15) is 0 Å². The first kappa shape index (κ1) is 13.7. The Morgan fingerprint density at radius 1 is 1.58 bits per heavy atom. The molecule has 0 aromatic carbocycles. The molecule has 72 valence electrons. The van der Waals surface area contributed by atoms with Crippen LogP contribution in [-0.2, 0) is 4.79 Å². The molecular weight excluding hydrogens is 152 g/mol. The van der Waals surface area contributed by atoms with Gasteiger partial charge in [-0.15, -0.1) is 0 Å². The molecule has 0 spiro atoms. The Morgan fingerprint density at radius 2 is 1.92 bits per heavy atom. The third kappa shape index (κ3) is 22.9. The topological polar surface area (TPSA) is 69.1 Å². The second kappa shape index (κ2) is 6.85. The lowest BCUT2D eigenvalue weighted by Gasteiger charge is -2.15. The van der Waals surface area contributed by atoms with Crippen LogP contribution >= 0.6 is 0 Å². The summed E-state index contributed by atoms with van der Waals surface area (Å²) >= 11 is 0. The largest absolute Gasteiger partial charge is 0.366 e. The third-order valence-corrected chi connectivity index (χ3v) is 1.10. The van der Waals surface area contributed by atoms with E-state index in [9.17, 15) is 4.79 Å². The lowest BCUT2D eigenvalue weighted by Crippen LogP contribution is -2.31. The second-order valence-electron chi connectivity index (χ2n) is 3.35. The van der Waals surface area contributed by atoms with Crippen molar-refractivity contribution < 1.29 is 4.79 Å². The van der Waals surface area contributed by atoms with Crippen molar-refractivity contribution in [1.82, 2.24) is 0 Å². The number of primary amides is 1. The van der Waals surface area contributed by atoms with Gasteiger partial charge in [-0.05, 0) is 26.3 Å². The van der Waals surface area contributed by atoms with Crippen molar-refractivity contribution in [2.75, 3.05) is 0 Å². The average molecular weight is 172 g/mol. The average Bonchev–Trinajstić information content (AvgIpc) is 1.86. The number of hydrogen-bond donors (Lipinski definition) is 2. The molecule has 0 radical (unpaired) electrons. The van der Waals surface area contributed by atoms with Crippen LogP contribution in [0.4, 0.5) is 0 Å². The summed E-state index contributed by atoms with van der Waals surface area (Å²) in [5, 5.41) is 0. The van der Waals surface area contributed by atoms with Crippen LogP contribution in [0.2, 0.25) is 0 Å². The molecule has 3 heteroatoms. The Balaban J connectivity index is 0. The number of nitrogens with two attached hydrogens (primary N) is 2. The Morgan fingerprint density at radius 3 is 1.92 bits per heavy atom. The van der Waals surface area contributed by atoms with E-state index in [1.165, 1.54) is 6.42 Å². The molecular formula is C9H20N2O. The summed E-state index contributed by atoms with van der Waals surface area (Å²) in [7, 11) is 0. The van der Waals surface area contributed by atoms with Crippen LogP contribution in [0.15, 0.2) is 12.7 Å². The van der Waals surface area contributed by atoms with Crippen molar-refractivity contribution in [2.45, 2.75) is 39.2 Å². The van der Waals surface area contributed by atoms with Crippen molar-refractivity contribution in [2.24, 2.45) is 11.5 Å².